The van der Waals surface area contributed by atoms with Crippen molar-refractivity contribution in [1.29, 1.82) is 0 Å². The van der Waals surface area contributed by atoms with Crippen molar-refractivity contribution in [3.8, 4) is 0 Å². The third-order valence-electron chi connectivity index (χ3n) is 2.47. The molecule has 1 unspecified atom stereocenters. The Morgan fingerprint density at radius 1 is 1.35 bits per heavy atom. The summed E-state index contributed by atoms with van der Waals surface area (Å²) >= 11 is 5.84. The first-order valence-corrected chi connectivity index (χ1v) is 7.65. The lowest BCUT2D eigenvalue weighted by Gasteiger charge is -2.11. The summed E-state index contributed by atoms with van der Waals surface area (Å²) in [5.41, 5.74) is 0. The zero-order chi connectivity index (χ0) is 12.9. The SMILES string of the molecule is CCCCC(O)CS(=O)(=O)c1ccccc1Cl. The van der Waals surface area contributed by atoms with Crippen LogP contribution in [0.3, 0.4) is 0 Å². The number of rotatable bonds is 6. The van der Waals surface area contributed by atoms with E-state index in [4.69, 9.17) is 11.6 Å². The zero-order valence-corrected chi connectivity index (χ0v) is 11.3. The van der Waals surface area contributed by atoms with Crippen LogP contribution in [0.2, 0.25) is 5.02 Å². The molecule has 0 fully saturated rings. The third-order valence-corrected chi connectivity index (χ3v) is 4.77. The van der Waals surface area contributed by atoms with Crippen LogP contribution in [0.1, 0.15) is 26.2 Å². The van der Waals surface area contributed by atoms with E-state index in [2.05, 4.69) is 0 Å². The molecule has 17 heavy (non-hydrogen) atoms. The summed E-state index contributed by atoms with van der Waals surface area (Å²) in [6.07, 6.45) is 1.43. The second-order valence-electron chi connectivity index (χ2n) is 4.01. The predicted octanol–water partition coefficient (Wildman–Crippen LogP) is 2.66. The molecule has 0 radical (unpaired) electrons. The monoisotopic (exact) mass is 276 g/mol. The molecule has 1 aromatic carbocycles. The van der Waals surface area contributed by atoms with Gasteiger partial charge in [-0.05, 0) is 18.6 Å². The summed E-state index contributed by atoms with van der Waals surface area (Å²) in [5, 5.41) is 9.85. The van der Waals surface area contributed by atoms with Crippen LogP contribution in [0, 0.1) is 0 Å². The number of benzene rings is 1. The lowest BCUT2D eigenvalue weighted by molar-refractivity contribution is 0.183. The summed E-state index contributed by atoms with van der Waals surface area (Å²) < 4.78 is 24.0. The van der Waals surface area contributed by atoms with Gasteiger partial charge in [0.2, 0.25) is 0 Å². The first kappa shape index (κ1) is 14.5. The number of hydrogen-bond acceptors (Lipinski definition) is 3. The molecule has 1 aromatic rings. The molecule has 0 amide bonds. The van der Waals surface area contributed by atoms with Gasteiger partial charge in [-0.1, -0.05) is 43.5 Å². The van der Waals surface area contributed by atoms with E-state index in [1.165, 1.54) is 12.1 Å². The smallest absolute Gasteiger partial charge is 0.182 e. The Morgan fingerprint density at radius 2 is 2.00 bits per heavy atom. The number of aliphatic hydroxyl groups is 1. The Hall–Kier alpha value is -0.580. The average molecular weight is 277 g/mol. The standard InChI is InChI=1S/C12H17ClO3S/c1-2-3-6-10(14)9-17(15,16)12-8-5-4-7-11(12)13/h4-5,7-8,10,14H,2-3,6,9H2,1H3. The molecule has 5 heteroatoms. The Labute approximate surface area is 107 Å². The van der Waals surface area contributed by atoms with E-state index in [-0.39, 0.29) is 15.7 Å². The molecular formula is C12H17ClO3S. The van der Waals surface area contributed by atoms with E-state index in [0.717, 1.165) is 12.8 Å². The van der Waals surface area contributed by atoms with E-state index in [1.54, 1.807) is 12.1 Å². The van der Waals surface area contributed by atoms with Gasteiger partial charge in [-0.3, -0.25) is 0 Å². The minimum atomic E-state index is -3.50. The third kappa shape index (κ3) is 4.30. The van der Waals surface area contributed by atoms with Crippen molar-refractivity contribution < 1.29 is 13.5 Å². The summed E-state index contributed by atoms with van der Waals surface area (Å²) in [6, 6.07) is 6.29. The quantitative estimate of drug-likeness (QED) is 0.869. The molecule has 0 spiro atoms. The molecule has 0 saturated heterocycles. The molecule has 0 aliphatic heterocycles. The molecule has 96 valence electrons. The molecule has 0 heterocycles. The number of sulfone groups is 1. The van der Waals surface area contributed by atoms with Crippen LogP contribution in [-0.2, 0) is 9.84 Å². The van der Waals surface area contributed by atoms with E-state index in [1.807, 2.05) is 6.92 Å². The maximum atomic E-state index is 12.0. The highest BCUT2D eigenvalue weighted by molar-refractivity contribution is 7.91. The van der Waals surface area contributed by atoms with Gasteiger partial charge < -0.3 is 5.11 Å². The first-order valence-electron chi connectivity index (χ1n) is 5.62. The lowest BCUT2D eigenvalue weighted by atomic mass is 10.2. The first-order chi connectivity index (χ1) is 7.97. The largest absolute Gasteiger partial charge is 0.392 e. The highest BCUT2D eigenvalue weighted by Crippen LogP contribution is 2.22. The van der Waals surface area contributed by atoms with Gasteiger partial charge in [0.25, 0.3) is 0 Å². The van der Waals surface area contributed by atoms with Crippen LogP contribution < -0.4 is 0 Å². The molecule has 0 aliphatic rings. The Kier molecular flexibility index (Phi) is 5.43. The lowest BCUT2D eigenvalue weighted by Crippen LogP contribution is -2.21. The predicted molar refractivity (Wildman–Crippen MR) is 69.0 cm³/mol. The van der Waals surface area contributed by atoms with Crippen molar-refractivity contribution in [2.75, 3.05) is 5.75 Å². The van der Waals surface area contributed by atoms with Crippen LogP contribution in [0.4, 0.5) is 0 Å². The zero-order valence-electron chi connectivity index (χ0n) is 9.77. The normalized spacial score (nSPS) is 13.6. The number of halogens is 1. The van der Waals surface area contributed by atoms with Gasteiger partial charge in [0.05, 0.1) is 21.8 Å². The van der Waals surface area contributed by atoms with Crippen LogP contribution in [0.5, 0.6) is 0 Å². The Balaban J connectivity index is 2.79. The van der Waals surface area contributed by atoms with Gasteiger partial charge in [0.15, 0.2) is 9.84 Å². The molecule has 1 atom stereocenters. The highest BCUT2D eigenvalue weighted by atomic mass is 35.5. The molecule has 0 aliphatic carbocycles. The van der Waals surface area contributed by atoms with E-state index < -0.39 is 15.9 Å². The minimum absolute atomic E-state index is 0.0946. The molecular weight excluding hydrogens is 260 g/mol. The van der Waals surface area contributed by atoms with E-state index in [9.17, 15) is 13.5 Å². The van der Waals surface area contributed by atoms with Gasteiger partial charge in [0, 0.05) is 0 Å². The van der Waals surface area contributed by atoms with Crippen molar-refractivity contribution in [1.82, 2.24) is 0 Å². The number of hydrogen-bond donors (Lipinski definition) is 1. The number of unbranched alkanes of at least 4 members (excludes halogenated alkanes) is 1. The minimum Gasteiger partial charge on any atom is -0.392 e. The van der Waals surface area contributed by atoms with Crippen molar-refractivity contribution in [3.05, 3.63) is 29.3 Å². The molecule has 0 saturated carbocycles. The van der Waals surface area contributed by atoms with Crippen LogP contribution in [0.25, 0.3) is 0 Å². The average Bonchev–Trinajstić information content (AvgIpc) is 2.26. The van der Waals surface area contributed by atoms with Gasteiger partial charge in [-0.25, -0.2) is 8.42 Å². The summed E-state index contributed by atoms with van der Waals surface area (Å²) in [7, 11) is -3.50. The maximum Gasteiger partial charge on any atom is 0.182 e. The van der Waals surface area contributed by atoms with Gasteiger partial charge >= 0.3 is 0 Å². The van der Waals surface area contributed by atoms with Crippen molar-refractivity contribution in [3.63, 3.8) is 0 Å². The summed E-state index contributed by atoms with van der Waals surface area (Å²) in [5.74, 6) is -0.267. The Bertz CT molecular complexity index is 457. The fourth-order valence-corrected chi connectivity index (χ4v) is 3.56. The second kappa shape index (κ2) is 6.38. The van der Waals surface area contributed by atoms with Crippen LogP contribution >= 0.6 is 11.6 Å². The van der Waals surface area contributed by atoms with Crippen molar-refractivity contribution in [2.24, 2.45) is 0 Å². The fourth-order valence-electron chi connectivity index (χ4n) is 1.56. The molecule has 0 bridgehead atoms. The maximum absolute atomic E-state index is 12.0. The highest BCUT2D eigenvalue weighted by Gasteiger charge is 2.21. The van der Waals surface area contributed by atoms with Gasteiger partial charge in [-0.15, -0.1) is 0 Å². The van der Waals surface area contributed by atoms with Gasteiger partial charge in [-0.2, -0.15) is 0 Å². The summed E-state index contributed by atoms with van der Waals surface area (Å²) in [4.78, 5) is 0.0946. The fraction of sp³-hybridized carbons (Fsp3) is 0.500. The Morgan fingerprint density at radius 3 is 2.59 bits per heavy atom. The number of aliphatic hydroxyl groups excluding tert-OH is 1. The topological polar surface area (TPSA) is 54.4 Å². The van der Waals surface area contributed by atoms with E-state index >= 15 is 0 Å². The molecule has 3 nitrogen and oxygen atoms in total. The van der Waals surface area contributed by atoms with E-state index in [0.29, 0.717) is 6.42 Å². The molecule has 0 aromatic heterocycles. The molecule has 1 rings (SSSR count). The molecule has 1 N–H and O–H groups in total. The second-order valence-corrected chi connectivity index (χ2v) is 6.42. The van der Waals surface area contributed by atoms with Crippen LogP contribution in [-0.4, -0.2) is 25.4 Å². The van der Waals surface area contributed by atoms with Gasteiger partial charge in [0.1, 0.15) is 0 Å². The summed E-state index contributed by atoms with van der Waals surface area (Å²) in [6.45, 7) is 2.00. The van der Waals surface area contributed by atoms with Crippen molar-refractivity contribution in [2.45, 2.75) is 37.2 Å². The van der Waals surface area contributed by atoms with Crippen LogP contribution in [0.15, 0.2) is 29.2 Å². The van der Waals surface area contributed by atoms with Crippen molar-refractivity contribution >= 4 is 21.4 Å².